The number of rotatable bonds is 3. The second-order valence-corrected chi connectivity index (χ2v) is 7.14. The summed E-state index contributed by atoms with van der Waals surface area (Å²) >= 11 is 0. The summed E-state index contributed by atoms with van der Waals surface area (Å²) in [6.45, 7) is 2.58. The largest absolute Gasteiger partial charge is 0.326 e. The molecule has 0 radical (unpaired) electrons. The van der Waals surface area contributed by atoms with Crippen molar-refractivity contribution in [1.29, 1.82) is 0 Å². The molecular formula is C16H26N2O2. The van der Waals surface area contributed by atoms with Crippen molar-refractivity contribution in [2.24, 2.45) is 29.4 Å². The highest BCUT2D eigenvalue weighted by atomic mass is 16.2. The highest BCUT2D eigenvalue weighted by molar-refractivity contribution is 6.05. The first kappa shape index (κ1) is 14.1. The topological polar surface area (TPSA) is 63.4 Å². The standard InChI is InChI=1S/C16H26N2O2/c1-10-7-12-13(8-10)16(20)18(15(12)19)9-14(17)11-5-3-2-4-6-11/h10-14H,2-9,17H2,1H3. The third-order valence-corrected chi connectivity index (χ3v) is 5.61. The first-order valence-corrected chi connectivity index (χ1v) is 8.18. The van der Waals surface area contributed by atoms with Crippen LogP contribution in [0.5, 0.6) is 0 Å². The summed E-state index contributed by atoms with van der Waals surface area (Å²) in [6.07, 6.45) is 7.84. The van der Waals surface area contributed by atoms with Crippen LogP contribution >= 0.6 is 0 Å². The van der Waals surface area contributed by atoms with Crippen LogP contribution in [0.25, 0.3) is 0 Å². The number of amides is 2. The molecule has 0 bridgehead atoms. The second kappa shape index (κ2) is 5.47. The Hall–Kier alpha value is -0.900. The predicted molar refractivity (Wildman–Crippen MR) is 76.6 cm³/mol. The van der Waals surface area contributed by atoms with E-state index in [1.54, 1.807) is 0 Å². The van der Waals surface area contributed by atoms with Crippen LogP contribution in [-0.4, -0.2) is 29.3 Å². The van der Waals surface area contributed by atoms with Crippen molar-refractivity contribution in [2.75, 3.05) is 6.54 Å². The molecule has 1 saturated heterocycles. The van der Waals surface area contributed by atoms with Gasteiger partial charge in [-0.25, -0.2) is 0 Å². The Kier molecular flexibility index (Phi) is 3.85. The summed E-state index contributed by atoms with van der Waals surface area (Å²) < 4.78 is 0. The van der Waals surface area contributed by atoms with Gasteiger partial charge in [0.1, 0.15) is 0 Å². The molecule has 0 aromatic carbocycles. The van der Waals surface area contributed by atoms with Gasteiger partial charge in [0.25, 0.3) is 0 Å². The maximum absolute atomic E-state index is 12.4. The van der Waals surface area contributed by atoms with Crippen molar-refractivity contribution in [3.8, 4) is 0 Å². The number of hydrogen-bond acceptors (Lipinski definition) is 3. The summed E-state index contributed by atoms with van der Waals surface area (Å²) in [6, 6.07) is -0.0283. The lowest BCUT2D eigenvalue weighted by Gasteiger charge is -2.30. The number of hydrogen-bond donors (Lipinski definition) is 1. The average Bonchev–Trinajstić information content (AvgIpc) is 2.93. The lowest BCUT2D eigenvalue weighted by molar-refractivity contribution is -0.141. The molecule has 3 fully saturated rings. The molecule has 3 aliphatic rings. The van der Waals surface area contributed by atoms with Gasteiger partial charge in [0, 0.05) is 12.6 Å². The van der Waals surface area contributed by atoms with Crippen molar-refractivity contribution in [2.45, 2.75) is 57.9 Å². The van der Waals surface area contributed by atoms with Crippen LogP contribution in [0.15, 0.2) is 0 Å². The van der Waals surface area contributed by atoms with Crippen LogP contribution in [0.2, 0.25) is 0 Å². The van der Waals surface area contributed by atoms with E-state index in [4.69, 9.17) is 5.73 Å². The number of likely N-dealkylation sites (tertiary alicyclic amines) is 1. The highest BCUT2D eigenvalue weighted by Gasteiger charge is 2.51. The molecule has 2 N–H and O–H groups in total. The SMILES string of the molecule is CC1CC2C(=O)N(CC(N)C3CCCCC3)C(=O)C2C1. The van der Waals surface area contributed by atoms with Gasteiger partial charge in [-0.15, -0.1) is 0 Å². The van der Waals surface area contributed by atoms with Gasteiger partial charge in [-0.2, -0.15) is 0 Å². The molecule has 4 heteroatoms. The number of carbonyl (C=O) groups is 2. The van der Waals surface area contributed by atoms with Crippen molar-refractivity contribution >= 4 is 11.8 Å². The van der Waals surface area contributed by atoms with E-state index in [2.05, 4.69) is 6.92 Å². The summed E-state index contributed by atoms with van der Waals surface area (Å²) in [5.74, 6) is 1.01. The zero-order chi connectivity index (χ0) is 14.3. The van der Waals surface area contributed by atoms with Gasteiger partial charge < -0.3 is 5.73 Å². The summed E-state index contributed by atoms with van der Waals surface area (Å²) in [4.78, 5) is 26.3. The smallest absolute Gasteiger partial charge is 0.233 e. The van der Waals surface area contributed by atoms with E-state index in [0.717, 1.165) is 25.7 Å². The van der Waals surface area contributed by atoms with Crippen molar-refractivity contribution < 1.29 is 9.59 Å². The Morgan fingerprint density at radius 2 is 1.65 bits per heavy atom. The van der Waals surface area contributed by atoms with E-state index in [1.165, 1.54) is 24.2 Å². The van der Waals surface area contributed by atoms with E-state index in [1.807, 2.05) is 0 Å². The van der Waals surface area contributed by atoms with Crippen molar-refractivity contribution in [1.82, 2.24) is 4.90 Å². The second-order valence-electron chi connectivity index (χ2n) is 7.14. The zero-order valence-corrected chi connectivity index (χ0v) is 12.4. The Morgan fingerprint density at radius 3 is 2.20 bits per heavy atom. The van der Waals surface area contributed by atoms with Gasteiger partial charge in [-0.1, -0.05) is 26.2 Å². The lowest BCUT2D eigenvalue weighted by Crippen LogP contribution is -2.45. The monoisotopic (exact) mass is 278 g/mol. The fraction of sp³-hybridized carbons (Fsp3) is 0.875. The number of nitrogens with two attached hydrogens (primary N) is 1. The molecule has 3 rings (SSSR count). The molecule has 0 spiro atoms. The number of imide groups is 1. The molecule has 1 aliphatic heterocycles. The van der Waals surface area contributed by atoms with Crippen LogP contribution < -0.4 is 5.73 Å². The molecule has 0 aromatic rings. The molecule has 4 nitrogen and oxygen atoms in total. The van der Waals surface area contributed by atoms with Gasteiger partial charge in [0.15, 0.2) is 0 Å². The number of fused-ring (bicyclic) bond motifs is 1. The van der Waals surface area contributed by atoms with Gasteiger partial charge in [-0.05, 0) is 37.5 Å². The molecule has 3 unspecified atom stereocenters. The first-order chi connectivity index (χ1) is 9.58. The van der Waals surface area contributed by atoms with Crippen LogP contribution in [0.4, 0.5) is 0 Å². The van der Waals surface area contributed by atoms with E-state index < -0.39 is 0 Å². The van der Waals surface area contributed by atoms with Crippen LogP contribution in [-0.2, 0) is 9.59 Å². The summed E-state index contributed by atoms with van der Waals surface area (Å²) in [5, 5.41) is 0. The first-order valence-electron chi connectivity index (χ1n) is 8.18. The molecule has 112 valence electrons. The molecule has 2 amide bonds. The van der Waals surface area contributed by atoms with Gasteiger partial charge in [0.05, 0.1) is 11.8 Å². The Morgan fingerprint density at radius 1 is 1.10 bits per heavy atom. The third kappa shape index (κ3) is 2.39. The quantitative estimate of drug-likeness (QED) is 0.802. The van der Waals surface area contributed by atoms with E-state index in [-0.39, 0.29) is 29.7 Å². The molecule has 20 heavy (non-hydrogen) atoms. The molecule has 0 aromatic heterocycles. The molecule has 2 aliphatic carbocycles. The normalized spacial score (nSPS) is 36.5. The van der Waals surface area contributed by atoms with Crippen LogP contribution in [0.1, 0.15) is 51.9 Å². The maximum atomic E-state index is 12.4. The fourth-order valence-electron chi connectivity index (χ4n) is 4.45. The van der Waals surface area contributed by atoms with Gasteiger partial charge >= 0.3 is 0 Å². The zero-order valence-electron chi connectivity index (χ0n) is 12.4. The van der Waals surface area contributed by atoms with Crippen LogP contribution in [0.3, 0.4) is 0 Å². The average molecular weight is 278 g/mol. The molecule has 3 atom stereocenters. The highest BCUT2D eigenvalue weighted by Crippen LogP contribution is 2.43. The Balaban J connectivity index is 1.63. The van der Waals surface area contributed by atoms with Crippen molar-refractivity contribution in [3.63, 3.8) is 0 Å². The van der Waals surface area contributed by atoms with Gasteiger partial charge in [-0.3, -0.25) is 14.5 Å². The third-order valence-electron chi connectivity index (χ3n) is 5.61. The lowest BCUT2D eigenvalue weighted by atomic mass is 9.84. The minimum atomic E-state index is -0.0453. The predicted octanol–water partition coefficient (Wildman–Crippen LogP) is 1.93. The van der Waals surface area contributed by atoms with E-state index >= 15 is 0 Å². The summed E-state index contributed by atoms with van der Waals surface area (Å²) in [7, 11) is 0. The van der Waals surface area contributed by atoms with Crippen LogP contribution in [0, 0.1) is 23.7 Å². The maximum Gasteiger partial charge on any atom is 0.233 e. The molecular weight excluding hydrogens is 252 g/mol. The van der Waals surface area contributed by atoms with Crippen molar-refractivity contribution in [3.05, 3.63) is 0 Å². The minimum Gasteiger partial charge on any atom is -0.326 e. The molecule has 1 heterocycles. The Bertz CT molecular complexity index is 379. The number of nitrogens with zero attached hydrogens (tertiary/aromatic N) is 1. The van der Waals surface area contributed by atoms with Gasteiger partial charge in [0.2, 0.25) is 11.8 Å². The summed E-state index contributed by atoms with van der Waals surface area (Å²) in [5.41, 5.74) is 6.28. The fourth-order valence-corrected chi connectivity index (χ4v) is 4.45. The molecule has 2 saturated carbocycles. The Labute approximate surface area is 121 Å². The van der Waals surface area contributed by atoms with E-state index in [0.29, 0.717) is 18.4 Å². The number of carbonyl (C=O) groups excluding carboxylic acids is 2. The van der Waals surface area contributed by atoms with E-state index in [9.17, 15) is 9.59 Å². The minimum absolute atomic E-state index is 0.0283.